The number of rotatable bonds is 0. The fourth-order valence-electron chi connectivity index (χ4n) is 13.3. The summed E-state index contributed by atoms with van der Waals surface area (Å²) in [6.07, 6.45) is 0. The second-order valence-corrected chi connectivity index (χ2v) is 19.0. The van der Waals surface area contributed by atoms with Crippen molar-refractivity contribution in [2.75, 3.05) is 0 Å². The van der Waals surface area contributed by atoms with Gasteiger partial charge in [0.2, 0.25) is 0 Å². The molecule has 11 aromatic carbocycles. The van der Waals surface area contributed by atoms with Crippen molar-refractivity contribution in [3.05, 3.63) is 218 Å². The van der Waals surface area contributed by atoms with Crippen LogP contribution in [0.1, 0.15) is 0 Å². The molecule has 0 N–H and O–H groups in total. The van der Waals surface area contributed by atoms with Crippen LogP contribution >= 0.6 is 0 Å². The highest BCUT2D eigenvalue weighted by molar-refractivity contribution is 6.45. The van der Waals surface area contributed by atoms with Gasteiger partial charge in [-0.1, -0.05) is 182 Å². The average molecular weight is 857 g/mol. The second kappa shape index (κ2) is 12.5. The lowest BCUT2D eigenvalue weighted by Gasteiger charge is -2.23. The Morgan fingerprint density at radius 1 is 0.176 bits per heavy atom. The van der Waals surface area contributed by atoms with E-state index in [1.165, 1.54) is 165 Å². The SMILES string of the molecule is c1ccc2c(c1)-c1ccccc1-c1cc3c4c5c6ccccc6n6c7ccccc7c(c7c8cc9c(cc8n(c3cc1-c1ccccc1-2)c47)-c1ccccc1-c1ccccc1-c1ccccc1-9)c56. The minimum Gasteiger partial charge on any atom is -0.308 e. The van der Waals surface area contributed by atoms with Crippen molar-refractivity contribution < 1.29 is 0 Å². The van der Waals surface area contributed by atoms with E-state index < -0.39 is 0 Å². The van der Waals surface area contributed by atoms with Crippen LogP contribution in [0.5, 0.6) is 0 Å². The summed E-state index contributed by atoms with van der Waals surface area (Å²) in [7, 11) is 0. The first-order valence-corrected chi connectivity index (χ1v) is 23.8. The minimum atomic E-state index is 1.23. The first kappa shape index (κ1) is 35.3. The molecule has 0 aliphatic heterocycles. The highest BCUT2D eigenvalue weighted by atomic mass is 14.9. The monoisotopic (exact) mass is 856 g/mol. The molecule has 310 valence electrons. The van der Waals surface area contributed by atoms with E-state index in [9.17, 15) is 0 Å². The first-order valence-electron chi connectivity index (χ1n) is 23.8. The Bertz CT molecular complexity index is 4440. The second-order valence-electron chi connectivity index (χ2n) is 19.0. The summed E-state index contributed by atoms with van der Waals surface area (Å²) in [5.41, 5.74) is 27.7. The summed E-state index contributed by atoms with van der Waals surface area (Å²) < 4.78 is 5.24. The topological polar surface area (TPSA) is 8.82 Å². The van der Waals surface area contributed by atoms with Crippen molar-refractivity contribution in [3.63, 3.8) is 0 Å². The van der Waals surface area contributed by atoms with Gasteiger partial charge in [0.15, 0.2) is 0 Å². The van der Waals surface area contributed by atoms with Gasteiger partial charge in [-0.25, -0.2) is 0 Å². The smallest absolute Gasteiger partial charge is 0.0634 e. The van der Waals surface area contributed by atoms with Gasteiger partial charge < -0.3 is 8.80 Å². The number of hydrogen-bond donors (Lipinski definition) is 0. The van der Waals surface area contributed by atoms with Crippen LogP contribution in [0.25, 0.3) is 165 Å². The van der Waals surface area contributed by atoms with E-state index >= 15 is 0 Å². The van der Waals surface area contributed by atoms with Crippen molar-refractivity contribution in [3.8, 4) is 89.0 Å². The molecule has 4 heterocycles. The molecule has 0 amide bonds. The van der Waals surface area contributed by atoms with Crippen molar-refractivity contribution in [1.82, 2.24) is 8.80 Å². The molecule has 0 bridgehead atoms. The Hall–Kier alpha value is -8.98. The molecule has 0 saturated carbocycles. The van der Waals surface area contributed by atoms with Crippen LogP contribution in [0.2, 0.25) is 0 Å². The van der Waals surface area contributed by atoms with Gasteiger partial charge in [-0.05, 0) is 125 Å². The van der Waals surface area contributed by atoms with Crippen LogP contribution in [-0.2, 0) is 0 Å². The maximum atomic E-state index is 2.67. The van der Waals surface area contributed by atoms with Crippen LogP contribution in [0.3, 0.4) is 0 Å². The van der Waals surface area contributed by atoms with Crippen LogP contribution in [0.15, 0.2) is 218 Å². The number of fused-ring (bicyclic) bond motifs is 30. The van der Waals surface area contributed by atoms with Gasteiger partial charge in [-0.15, -0.1) is 0 Å². The summed E-state index contributed by atoms with van der Waals surface area (Å²) in [6, 6.07) is 82.6. The van der Waals surface area contributed by atoms with Gasteiger partial charge in [0, 0.05) is 43.1 Å². The van der Waals surface area contributed by atoms with Crippen LogP contribution < -0.4 is 0 Å². The van der Waals surface area contributed by atoms with Gasteiger partial charge in [-0.2, -0.15) is 0 Å². The zero-order valence-corrected chi connectivity index (χ0v) is 36.7. The van der Waals surface area contributed by atoms with Crippen LogP contribution in [0.4, 0.5) is 0 Å². The fourth-order valence-corrected chi connectivity index (χ4v) is 13.3. The Morgan fingerprint density at radius 3 is 0.706 bits per heavy atom. The average Bonchev–Trinajstić information content (AvgIpc) is 4.13. The lowest BCUT2D eigenvalue weighted by Crippen LogP contribution is -1.98. The molecule has 17 rings (SSSR count). The highest BCUT2D eigenvalue weighted by Gasteiger charge is 2.32. The first-order chi connectivity index (χ1) is 33.8. The summed E-state index contributed by atoms with van der Waals surface area (Å²) in [6.45, 7) is 0. The normalized spacial score (nSPS) is 12.7. The molecule has 0 saturated heterocycles. The van der Waals surface area contributed by atoms with E-state index in [2.05, 4.69) is 227 Å². The minimum absolute atomic E-state index is 1.23. The predicted molar refractivity (Wildman–Crippen MR) is 286 cm³/mol. The molecule has 0 unspecified atom stereocenters. The third-order valence-electron chi connectivity index (χ3n) is 15.9. The van der Waals surface area contributed by atoms with Crippen molar-refractivity contribution >= 4 is 76.2 Å². The molecule has 0 fully saturated rings. The Morgan fingerprint density at radius 2 is 0.397 bits per heavy atom. The van der Waals surface area contributed by atoms with Gasteiger partial charge in [0.1, 0.15) is 0 Å². The van der Waals surface area contributed by atoms with E-state index in [0.29, 0.717) is 0 Å². The molecule has 2 nitrogen and oxygen atoms in total. The molecule has 15 aromatic rings. The highest BCUT2D eigenvalue weighted by Crippen LogP contribution is 2.57. The Kier molecular flexibility index (Phi) is 6.47. The molecule has 2 heteroatoms. The Balaban J connectivity index is 1.14. The van der Waals surface area contributed by atoms with Crippen molar-refractivity contribution in [1.29, 1.82) is 0 Å². The van der Waals surface area contributed by atoms with Gasteiger partial charge in [0.05, 0.1) is 33.1 Å². The van der Waals surface area contributed by atoms with Gasteiger partial charge in [0.25, 0.3) is 0 Å². The van der Waals surface area contributed by atoms with Crippen LogP contribution in [-0.4, -0.2) is 8.80 Å². The summed E-state index contributed by atoms with van der Waals surface area (Å²) in [5.74, 6) is 0. The zero-order valence-electron chi connectivity index (χ0n) is 36.7. The van der Waals surface area contributed by atoms with Gasteiger partial charge >= 0.3 is 0 Å². The largest absolute Gasteiger partial charge is 0.308 e. The Labute approximate surface area is 390 Å². The standard InChI is InChI=1S/C66H36N2/c1-3-19-39-37(17-1)41-21-5-9-25-45(41)51-33-55-59(35-53(51)47-27-11-7-23-43(39)47)68-60-36-54-48-28-12-8-24-44(48)40-20-4-2-18-38(40)42-22-6-10-26-46(42)52(54)34-56(60)64-62-50-30-14-16-32-58(50)67-57-31-15-13-29-49(57)61(65(62)67)63(55)66(64)68/h1-36H. The molecular formula is C66H36N2. The molecule has 0 spiro atoms. The van der Waals surface area contributed by atoms with Crippen molar-refractivity contribution in [2.45, 2.75) is 0 Å². The van der Waals surface area contributed by atoms with E-state index in [0.717, 1.165) is 0 Å². The third kappa shape index (κ3) is 4.18. The van der Waals surface area contributed by atoms with E-state index in [-0.39, 0.29) is 0 Å². The number of para-hydroxylation sites is 2. The summed E-state index contributed by atoms with van der Waals surface area (Å²) in [5, 5.41) is 10.5. The zero-order chi connectivity index (χ0) is 43.9. The summed E-state index contributed by atoms with van der Waals surface area (Å²) in [4.78, 5) is 0. The molecule has 0 radical (unpaired) electrons. The quantitative estimate of drug-likeness (QED) is 0.144. The molecule has 2 aliphatic carbocycles. The van der Waals surface area contributed by atoms with Crippen molar-refractivity contribution in [2.24, 2.45) is 0 Å². The maximum Gasteiger partial charge on any atom is 0.0634 e. The molecule has 68 heavy (non-hydrogen) atoms. The number of nitrogens with zero attached hydrogens (tertiary/aromatic N) is 2. The lowest BCUT2D eigenvalue weighted by molar-refractivity contribution is 1.37. The van der Waals surface area contributed by atoms with Crippen LogP contribution in [0, 0.1) is 0 Å². The third-order valence-corrected chi connectivity index (χ3v) is 15.9. The summed E-state index contributed by atoms with van der Waals surface area (Å²) >= 11 is 0. The maximum absolute atomic E-state index is 2.67. The number of benzene rings is 11. The fraction of sp³-hybridized carbons (Fsp3) is 0. The van der Waals surface area contributed by atoms with E-state index in [1.54, 1.807) is 0 Å². The number of hydrogen-bond acceptors (Lipinski definition) is 0. The molecular weight excluding hydrogens is 821 g/mol. The number of aromatic nitrogens is 2. The van der Waals surface area contributed by atoms with E-state index in [1.807, 2.05) is 0 Å². The lowest BCUT2D eigenvalue weighted by atomic mass is 9.80. The molecule has 2 aliphatic rings. The predicted octanol–water partition coefficient (Wildman–Crippen LogP) is 17.9. The molecule has 0 atom stereocenters. The van der Waals surface area contributed by atoms with Gasteiger partial charge in [-0.3, -0.25) is 0 Å². The molecule has 4 aromatic heterocycles. The van der Waals surface area contributed by atoms with E-state index in [4.69, 9.17) is 0 Å².